The summed E-state index contributed by atoms with van der Waals surface area (Å²) in [6.45, 7) is 17.9. The Morgan fingerprint density at radius 1 is 0.786 bits per heavy atom. The van der Waals surface area contributed by atoms with E-state index < -0.39 is 8.24 Å². The van der Waals surface area contributed by atoms with Gasteiger partial charge in [0, 0.05) is 17.0 Å². The fourth-order valence-electron chi connectivity index (χ4n) is 10.6. The van der Waals surface area contributed by atoms with Crippen molar-refractivity contribution in [3.05, 3.63) is 53.1 Å². The lowest BCUT2D eigenvalue weighted by molar-refractivity contribution is 0.140. The number of nitrogens with zero attached hydrogens (tertiary/aromatic N) is 1. The van der Waals surface area contributed by atoms with Gasteiger partial charge in [0.2, 0.25) is 0 Å². The zero-order valence-electron chi connectivity index (χ0n) is 28.7. The highest BCUT2D eigenvalue weighted by atomic mass is 28.3. The molecule has 0 heterocycles. The molecule has 0 spiro atoms. The van der Waals surface area contributed by atoms with Gasteiger partial charge in [0.25, 0.3) is 0 Å². The summed E-state index contributed by atoms with van der Waals surface area (Å²) in [6, 6.07) is 10.5. The van der Waals surface area contributed by atoms with Gasteiger partial charge < -0.3 is 4.57 Å². The van der Waals surface area contributed by atoms with Gasteiger partial charge in [0.1, 0.15) is 8.24 Å². The molecule has 2 fully saturated rings. The number of fused-ring (bicyclic) bond motifs is 4. The van der Waals surface area contributed by atoms with Crippen LogP contribution < -0.4 is 0 Å². The van der Waals surface area contributed by atoms with E-state index in [4.69, 9.17) is 0 Å². The fraction of sp³-hybridized carbons (Fsp3) is 0.750. The van der Waals surface area contributed by atoms with Gasteiger partial charge in [0.15, 0.2) is 0 Å². The SMILES string of the molecule is CCCCCCC1(CCCCCC)C2=CC3C(C=C2c2ccccc21)CCC3[Si](C)(C)N(C1CCCCC1)C(C)(C)C. The molecule has 4 aliphatic rings. The van der Waals surface area contributed by atoms with Gasteiger partial charge >= 0.3 is 0 Å². The van der Waals surface area contributed by atoms with Gasteiger partial charge in [-0.15, -0.1) is 0 Å². The Bertz CT molecular complexity index is 1080. The fourth-order valence-corrected chi connectivity index (χ4v) is 16.0. The molecule has 0 amide bonds. The molecule has 5 rings (SSSR count). The van der Waals surface area contributed by atoms with E-state index in [-0.39, 0.29) is 11.0 Å². The summed E-state index contributed by atoms with van der Waals surface area (Å²) in [7, 11) is -1.71. The van der Waals surface area contributed by atoms with E-state index in [0.29, 0.717) is 0 Å². The van der Waals surface area contributed by atoms with Crippen LogP contribution in [-0.2, 0) is 5.41 Å². The first-order valence-electron chi connectivity index (χ1n) is 18.5. The molecule has 1 nitrogen and oxygen atoms in total. The van der Waals surface area contributed by atoms with Crippen molar-refractivity contribution in [2.24, 2.45) is 11.8 Å². The maximum atomic E-state index is 3.16. The second kappa shape index (κ2) is 13.5. The molecule has 3 unspecified atom stereocenters. The van der Waals surface area contributed by atoms with Crippen molar-refractivity contribution < 1.29 is 0 Å². The number of allylic oxidation sites excluding steroid dienone is 4. The van der Waals surface area contributed by atoms with Gasteiger partial charge in [-0.2, -0.15) is 0 Å². The summed E-state index contributed by atoms with van der Waals surface area (Å²) in [5.41, 5.74) is 8.04. The average molecular weight is 588 g/mol. The lowest BCUT2D eigenvalue weighted by Gasteiger charge is -2.55. The highest BCUT2D eigenvalue weighted by Gasteiger charge is 2.54. The molecular weight excluding hydrogens is 523 g/mol. The lowest BCUT2D eigenvalue weighted by Crippen LogP contribution is -2.64. The monoisotopic (exact) mass is 587 g/mol. The van der Waals surface area contributed by atoms with E-state index in [0.717, 1.165) is 23.4 Å². The van der Waals surface area contributed by atoms with Gasteiger partial charge in [0.05, 0.1) is 0 Å². The maximum Gasteiger partial charge on any atom is 0.126 e. The predicted octanol–water partition coefficient (Wildman–Crippen LogP) is 12.2. The van der Waals surface area contributed by atoms with Crippen LogP contribution in [0.5, 0.6) is 0 Å². The van der Waals surface area contributed by atoms with Gasteiger partial charge in [-0.3, -0.25) is 0 Å². The van der Waals surface area contributed by atoms with Crippen LogP contribution >= 0.6 is 0 Å². The lowest BCUT2D eigenvalue weighted by atomic mass is 9.68. The largest absolute Gasteiger partial charge is 0.316 e. The quantitative estimate of drug-likeness (QED) is 0.164. The summed E-state index contributed by atoms with van der Waals surface area (Å²) in [5.74, 6) is 1.47. The Hall–Kier alpha value is -1.12. The van der Waals surface area contributed by atoms with Crippen LogP contribution in [-0.4, -0.2) is 24.4 Å². The van der Waals surface area contributed by atoms with Crippen LogP contribution in [0.15, 0.2) is 42.0 Å². The molecule has 42 heavy (non-hydrogen) atoms. The standard InChI is InChI=1S/C40H65NSi/c1-8-10-12-19-27-40(28-20-13-11-9-2)36-24-18-17-23-33(36)35-29-31-25-26-38(34(31)30-37(35)40)42(6,7)41(39(3,4)5)32-21-15-14-16-22-32/h17-18,23-24,29-32,34,38H,8-16,19-22,25-28H2,1-7H3. The van der Waals surface area contributed by atoms with Crippen LogP contribution in [0.1, 0.15) is 155 Å². The summed E-state index contributed by atoms with van der Waals surface area (Å²) < 4.78 is 3.16. The number of unbranched alkanes of at least 4 members (excludes halogenated alkanes) is 6. The molecular formula is C40H65NSi. The zero-order chi connectivity index (χ0) is 30.0. The zero-order valence-corrected chi connectivity index (χ0v) is 29.7. The van der Waals surface area contributed by atoms with Crippen molar-refractivity contribution in [2.45, 2.75) is 179 Å². The first kappa shape index (κ1) is 32.3. The molecule has 2 heteroatoms. The Labute approximate surface area is 262 Å². The molecule has 1 aromatic rings. The third-order valence-electron chi connectivity index (χ3n) is 12.2. The van der Waals surface area contributed by atoms with E-state index in [1.807, 2.05) is 0 Å². The van der Waals surface area contributed by atoms with E-state index >= 15 is 0 Å². The van der Waals surface area contributed by atoms with Gasteiger partial charge in [-0.05, 0) is 92.5 Å². The van der Waals surface area contributed by atoms with Crippen LogP contribution in [0.3, 0.4) is 0 Å². The number of rotatable bonds is 13. The first-order chi connectivity index (χ1) is 20.1. The normalized spacial score (nSPS) is 25.7. The topological polar surface area (TPSA) is 3.24 Å². The van der Waals surface area contributed by atoms with Crippen molar-refractivity contribution in [3.63, 3.8) is 0 Å². The predicted molar refractivity (Wildman–Crippen MR) is 188 cm³/mol. The second-order valence-corrected chi connectivity index (χ2v) is 20.9. The molecule has 234 valence electrons. The van der Waals surface area contributed by atoms with E-state index in [2.05, 4.69) is 88.7 Å². The molecule has 0 aromatic heterocycles. The summed E-state index contributed by atoms with van der Waals surface area (Å²) in [6.07, 6.45) is 29.4. The Balaban J connectivity index is 1.53. The maximum absolute atomic E-state index is 3.16. The number of hydrogen-bond acceptors (Lipinski definition) is 1. The third kappa shape index (κ3) is 6.20. The average Bonchev–Trinajstić information content (AvgIpc) is 3.50. The minimum Gasteiger partial charge on any atom is -0.316 e. The summed E-state index contributed by atoms with van der Waals surface area (Å²) in [4.78, 5) is 0. The van der Waals surface area contributed by atoms with E-state index in [9.17, 15) is 0 Å². The third-order valence-corrected chi connectivity index (χ3v) is 16.9. The van der Waals surface area contributed by atoms with E-state index in [1.165, 1.54) is 109 Å². The van der Waals surface area contributed by atoms with Crippen molar-refractivity contribution in [3.8, 4) is 0 Å². The molecule has 4 aliphatic carbocycles. The van der Waals surface area contributed by atoms with Crippen molar-refractivity contribution in [2.75, 3.05) is 0 Å². The molecule has 0 saturated heterocycles. The van der Waals surface area contributed by atoms with Crippen molar-refractivity contribution in [1.82, 2.24) is 4.57 Å². The van der Waals surface area contributed by atoms with Crippen LogP contribution in [0.25, 0.3) is 5.57 Å². The Kier molecular flexibility index (Phi) is 10.4. The van der Waals surface area contributed by atoms with Crippen molar-refractivity contribution in [1.29, 1.82) is 0 Å². The molecule has 2 saturated carbocycles. The molecule has 0 aliphatic heterocycles. The highest BCUT2D eigenvalue weighted by molar-refractivity contribution is 6.76. The second-order valence-electron chi connectivity index (χ2n) is 16.3. The van der Waals surface area contributed by atoms with Crippen LogP contribution in [0.4, 0.5) is 0 Å². The number of hydrogen-bond donors (Lipinski definition) is 0. The summed E-state index contributed by atoms with van der Waals surface area (Å²) in [5, 5.41) is 0. The minimum absolute atomic E-state index is 0.237. The Morgan fingerprint density at radius 3 is 2.05 bits per heavy atom. The summed E-state index contributed by atoms with van der Waals surface area (Å²) >= 11 is 0. The molecule has 0 bridgehead atoms. The highest BCUT2D eigenvalue weighted by Crippen LogP contribution is 2.62. The van der Waals surface area contributed by atoms with Gasteiger partial charge in [-0.25, -0.2) is 0 Å². The molecule has 3 atom stereocenters. The minimum atomic E-state index is -1.71. The molecule has 1 aromatic carbocycles. The molecule has 0 radical (unpaired) electrons. The Morgan fingerprint density at radius 2 is 1.43 bits per heavy atom. The van der Waals surface area contributed by atoms with Crippen LogP contribution in [0.2, 0.25) is 18.6 Å². The molecule has 0 N–H and O–H groups in total. The smallest absolute Gasteiger partial charge is 0.126 e. The number of benzene rings is 1. The van der Waals surface area contributed by atoms with Crippen molar-refractivity contribution >= 4 is 13.8 Å². The van der Waals surface area contributed by atoms with Gasteiger partial charge in [-0.1, -0.05) is 140 Å². The van der Waals surface area contributed by atoms with Crippen LogP contribution in [0, 0.1) is 11.8 Å². The first-order valence-corrected chi connectivity index (χ1v) is 21.5. The van der Waals surface area contributed by atoms with E-state index in [1.54, 1.807) is 22.3 Å².